The minimum absolute atomic E-state index is 0.0243. The zero-order valence-corrected chi connectivity index (χ0v) is 20.5. The summed E-state index contributed by atoms with van der Waals surface area (Å²) in [5.74, 6) is -2.11. The standard InChI is InChI=1S/C27H27N5O5/c1-30-9-11-32(12-10-30)26(36)17-5-3-16(4-6-17)19-7-8-20-21(28-19)15-22(29-20)27(37)31(2)18-13-23(33)25(35)24(34)14-18/h3-8,13-15,29,33-35H,9-12H2,1-2H3. The van der Waals surface area contributed by atoms with E-state index in [0.717, 1.165) is 18.7 Å². The number of piperazine rings is 1. The highest BCUT2D eigenvalue weighted by Crippen LogP contribution is 2.38. The van der Waals surface area contributed by atoms with E-state index in [-0.39, 0.29) is 17.3 Å². The van der Waals surface area contributed by atoms with E-state index >= 15 is 0 Å². The predicted octanol–water partition coefficient (Wildman–Crippen LogP) is 3.01. The lowest BCUT2D eigenvalue weighted by Gasteiger charge is -2.32. The summed E-state index contributed by atoms with van der Waals surface area (Å²) >= 11 is 0. The van der Waals surface area contributed by atoms with Crippen molar-refractivity contribution in [2.45, 2.75) is 0 Å². The van der Waals surface area contributed by atoms with Gasteiger partial charge < -0.3 is 35.0 Å². The number of phenolic OH excluding ortho intramolecular Hbond substituents is 3. The van der Waals surface area contributed by atoms with Crippen LogP contribution in [0.4, 0.5) is 5.69 Å². The number of carbonyl (C=O) groups is 2. The molecule has 2 aromatic carbocycles. The molecule has 1 fully saturated rings. The largest absolute Gasteiger partial charge is 0.504 e. The van der Waals surface area contributed by atoms with Crippen LogP contribution in [-0.2, 0) is 0 Å². The molecule has 5 rings (SSSR count). The van der Waals surface area contributed by atoms with Gasteiger partial charge in [-0.3, -0.25) is 9.59 Å². The van der Waals surface area contributed by atoms with Crippen LogP contribution in [0.25, 0.3) is 22.3 Å². The number of rotatable bonds is 4. The van der Waals surface area contributed by atoms with Crippen molar-refractivity contribution in [3.8, 4) is 28.5 Å². The van der Waals surface area contributed by atoms with Gasteiger partial charge in [-0.15, -0.1) is 0 Å². The molecule has 1 aliphatic heterocycles. The maximum Gasteiger partial charge on any atom is 0.274 e. The monoisotopic (exact) mass is 501 g/mol. The number of aromatic amines is 1. The van der Waals surface area contributed by atoms with Gasteiger partial charge >= 0.3 is 0 Å². The van der Waals surface area contributed by atoms with Gasteiger partial charge in [0, 0.05) is 56.5 Å². The summed E-state index contributed by atoms with van der Waals surface area (Å²) in [6.07, 6.45) is 0. The number of anilines is 1. The maximum atomic E-state index is 13.0. The van der Waals surface area contributed by atoms with Crippen LogP contribution >= 0.6 is 0 Å². The second-order valence-electron chi connectivity index (χ2n) is 9.18. The Morgan fingerprint density at radius 3 is 2.22 bits per heavy atom. The number of aromatic nitrogens is 2. The first kappa shape index (κ1) is 24.1. The fourth-order valence-electron chi connectivity index (χ4n) is 4.34. The average Bonchev–Trinajstić information content (AvgIpc) is 3.34. The highest BCUT2D eigenvalue weighted by Gasteiger charge is 2.21. The van der Waals surface area contributed by atoms with Gasteiger partial charge in [-0.05, 0) is 37.4 Å². The van der Waals surface area contributed by atoms with Gasteiger partial charge in [0.05, 0.1) is 22.4 Å². The summed E-state index contributed by atoms with van der Waals surface area (Å²) in [5, 5.41) is 29.1. The van der Waals surface area contributed by atoms with Gasteiger partial charge in [-0.25, -0.2) is 4.98 Å². The minimum atomic E-state index is -0.649. The highest BCUT2D eigenvalue weighted by molar-refractivity contribution is 6.07. The van der Waals surface area contributed by atoms with E-state index < -0.39 is 23.2 Å². The van der Waals surface area contributed by atoms with Crippen molar-refractivity contribution in [3.63, 3.8) is 0 Å². The summed E-state index contributed by atoms with van der Waals surface area (Å²) in [4.78, 5) is 38.9. The number of benzene rings is 2. The van der Waals surface area contributed by atoms with Gasteiger partial charge in [0.2, 0.25) is 0 Å². The SMILES string of the molecule is CN1CCN(C(=O)c2ccc(-c3ccc4[nH]c(C(=O)N(C)c5cc(O)c(O)c(O)c5)cc4n3)cc2)CC1. The Labute approximate surface area is 213 Å². The van der Waals surface area contributed by atoms with Crippen LogP contribution in [0.3, 0.4) is 0 Å². The first-order chi connectivity index (χ1) is 17.7. The Bertz CT molecular complexity index is 1470. The van der Waals surface area contributed by atoms with Crippen LogP contribution in [0.15, 0.2) is 54.6 Å². The number of hydrogen-bond donors (Lipinski definition) is 4. The normalized spacial score (nSPS) is 14.2. The molecule has 3 heterocycles. The maximum absolute atomic E-state index is 13.0. The zero-order valence-electron chi connectivity index (χ0n) is 20.5. The van der Waals surface area contributed by atoms with Crippen molar-refractivity contribution in [1.29, 1.82) is 0 Å². The number of pyridine rings is 1. The second-order valence-corrected chi connectivity index (χ2v) is 9.18. The molecule has 10 heteroatoms. The summed E-state index contributed by atoms with van der Waals surface area (Å²) in [5.41, 5.74) is 3.91. The van der Waals surface area contributed by atoms with Gasteiger partial charge in [-0.1, -0.05) is 12.1 Å². The predicted molar refractivity (Wildman–Crippen MR) is 139 cm³/mol. The molecule has 2 aromatic heterocycles. The van der Waals surface area contributed by atoms with Crippen molar-refractivity contribution in [1.82, 2.24) is 19.8 Å². The molecule has 1 aliphatic rings. The van der Waals surface area contributed by atoms with Crippen LogP contribution in [0.1, 0.15) is 20.8 Å². The van der Waals surface area contributed by atoms with Crippen LogP contribution in [0, 0.1) is 0 Å². The Hall–Kier alpha value is -4.57. The van der Waals surface area contributed by atoms with E-state index in [1.807, 2.05) is 41.3 Å². The molecule has 0 aliphatic carbocycles. The van der Waals surface area contributed by atoms with Crippen molar-refractivity contribution < 1.29 is 24.9 Å². The summed E-state index contributed by atoms with van der Waals surface area (Å²) in [7, 11) is 3.54. The van der Waals surface area contributed by atoms with Gasteiger partial charge in [0.1, 0.15) is 5.69 Å². The van der Waals surface area contributed by atoms with Crippen molar-refractivity contribution >= 4 is 28.5 Å². The number of phenols is 3. The van der Waals surface area contributed by atoms with E-state index in [4.69, 9.17) is 0 Å². The van der Waals surface area contributed by atoms with Crippen LogP contribution in [-0.4, -0.2) is 87.2 Å². The smallest absolute Gasteiger partial charge is 0.274 e. The van der Waals surface area contributed by atoms with Crippen molar-refractivity contribution in [2.75, 3.05) is 45.2 Å². The summed E-state index contributed by atoms with van der Waals surface area (Å²) in [6.45, 7) is 3.16. The summed E-state index contributed by atoms with van der Waals surface area (Å²) < 4.78 is 0. The van der Waals surface area contributed by atoms with Crippen LogP contribution in [0.2, 0.25) is 0 Å². The molecule has 4 N–H and O–H groups in total. The van der Waals surface area contributed by atoms with E-state index in [1.54, 1.807) is 6.07 Å². The van der Waals surface area contributed by atoms with Crippen LogP contribution in [0.5, 0.6) is 17.2 Å². The molecule has 0 unspecified atom stereocenters. The number of hydrogen-bond acceptors (Lipinski definition) is 7. The molecule has 0 atom stereocenters. The molecule has 4 aromatic rings. The van der Waals surface area contributed by atoms with E-state index in [0.29, 0.717) is 35.4 Å². The zero-order chi connectivity index (χ0) is 26.3. The lowest BCUT2D eigenvalue weighted by atomic mass is 10.1. The third-order valence-electron chi connectivity index (χ3n) is 6.67. The minimum Gasteiger partial charge on any atom is -0.504 e. The first-order valence-corrected chi connectivity index (χ1v) is 11.8. The fraction of sp³-hybridized carbons (Fsp3) is 0.222. The number of fused-ring (bicyclic) bond motifs is 1. The van der Waals surface area contributed by atoms with Crippen LogP contribution < -0.4 is 4.90 Å². The van der Waals surface area contributed by atoms with Gasteiger partial charge in [0.15, 0.2) is 17.2 Å². The number of nitrogens with one attached hydrogen (secondary N) is 1. The highest BCUT2D eigenvalue weighted by atomic mass is 16.3. The quantitative estimate of drug-likeness (QED) is 0.316. The second kappa shape index (κ2) is 9.47. The first-order valence-electron chi connectivity index (χ1n) is 11.8. The van der Waals surface area contributed by atoms with Gasteiger partial charge in [0.25, 0.3) is 11.8 Å². The fourth-order valence-corrected chi connectivity index (χ4v) is 4.34. The van der Waals surface area contributed by atoms with Crippen molar-refractivity contribution in [2.24, 2.45) is 0 Å². The van der Waals surface area contributed by atoms with Crippen molar-refractivity contribution in [3.05, 3.63) is 65.9 Å². The summed E-state index contributed by atoms with van der Waals surface area (Å²) in [6, 6.07) is 15.0. The Morgan fingerprint density at radius 2 is 1.57 bits per heavy atom. The number of aromatic hydroxyl groups is 3. The van der Waals surface area contributed by atoms with E-state index in [2.05, 4.69) is 21.9 Å². The lowest BCUT2D eigenvalue weighted by Crippen LogP contribution is -2.47. The third kappa shape index (κ3) is 4.66. The molecule has 0 radical (unpaired) electrons. The Balaban J connectivity index is 1.35. The molecule has 0 saturated carbocycles. The number of likely N-dealkylation sites (N-methyl/N-ethyl adjacent to an activating group) is 1. The molecule has 10 nitrogen and oxygen atoms in total. The topological polar surface area (TPSA) is 133 Å². The molecule has 2 amide bonds. The Kier molecular flexibility index (Phi) is 6.18. The Morgan fingerprint density at radius 1 is 0.919 bits per heavy atom. The third-order valence-corrected chi connectivity index (χ3v) is 6.67. The molecule has 0 bridgehead atoms. The molecular formula is C27H27N5O5. The van der Waals surface area contributed by atoms with E-state index in [1.165, 1.54) is 24.1 Å². The van der Waals surface area contributed by atoms with E-state index in [9.17, 15) is 24.9 Å². The lowest BCUT2D eigenvalue weighted by molar-refractivity contribution is 0.0664. The molecule has 190 valence electrons. The number of nitrogens with zero attached hydrogens (tertiary/aromatic N) is 4. The molecule has 0 spiro atoms. The number of carbonyl (C=O) groups excluding carboxylic acids is 2. The van der Waals surface area contributed by atoms with Gasteiger partial charge in [-0.2, -0.15) is 0 Å². The number of amides is 2. The molecule has 1 saturated heterocycles. The number of H-pyrrole nitrogens is 1. The average molecular weight is 502 g/mol. The molecule has 37 heavy (non-hydrogen) atoms. The molecular weight excluding hydrogens is 474 g/mol.